The van der Waals surface area contributed by atoms with Gasteiger partial charge in [-0.3, -0.25) is 0 Å². The van der Waals surface area contributed by atoms with Crippen molar-refractivity contribution in [1.29, 1.82) is 0 Å². The van der Waals surface area contributed by atoms with E-state index in [4.69, 9.17) is 4.74 Å². The Morgan fingerprint density at radius 3 is 2.86 bits per heavy atom. The zero-order chi connectivity index (χ0) is 15.7. The molecule has 0 radical (unpaired) electrons. The molecule has 1 aromatic rings. The van der Waals surface area contributed by atoms with Crippen LogP contribution in [0.25, 0.3) is 0 Å². The topological polar surface area (TPSA) is 76.1 Å². The minimum absolute atomic E-state index is 0.401. The van der Waals surface area contributed by atoms with Crippen molar-refractivity contribution in [1.82, 2.24) is 15.3 Å². The fraction of sp³-hybridized carbons (Fsp3) is 0.688. The summed E-state index contributed by atoms with van der Waals surface area (Å²) in [7, 11) is 0. The van der Waals surface area contributed by atoms with Gasteiger partial charge in [-0.2, -0.15) is 0 Å². The highest BCUT2D eigenvalue weighted by Gasteiger charge is 2.38. The lowest BCUT2D eigenvalue weighted by atomic mass is 9.98. The number of hydrogen-bond donors (Lipinski definition) is 2. The van der Waals surface area contributed by atoms with Gasteiger partial charge in [0.15, 0.2) is 0 Å². The first-order chi connectivity index (χ1) is 10.4. The summed E-state index contributed by atoms with van der Waals surface area (Å²) in [5, 5.41) is 5.87. The van der Waals surface area contributed by atoms with E-state index in [1.165, 1.54) is 30.5 Å². The van der Waals surface area contributed by atoms with Crippen LogP contribution in [-0.4, -0.2) is 34.8 Å². The Hall–Kier alpha value is -1.85. The third-order valence-corrected chi connectivity index (χ3v) is 4.18. The first-order valence-electron chi connectivity index (χ1n) is 8.00. The quantitative estimate of drug-likeness (QED) is 0.837. The summed E-state index contributed by atoms with van der Waals surface area (Å²) in [5.41, 5.74) is 2.10. The molecule has 6 heteroatoms. The van der Waals surface area contributed by atoms with Gasteiger partial charge in [0.1, 0.15) is 5.60 Å². The normalized spacial score (nSPS) is 22.3. The summed E-state index contributed by atoms with van der Waals surface area (Å²) < 4.78 is 5.17. The van der Waals surface area contributed by atoms with Gasteiger partial charge in [0.25, 0.3) is 0 Å². The summed E-state index contributed by atoms with van der Waals surface area (Å²) in [6.45, 7) is 6.58. The standard InChI is InChI=1S/C16H24N4O2/c1-16(2,3)22-15(21)18-7-6-17-14-19-9-12-10-4-5-11(8-10)13(12)20-14/h9-11H,4-8H2,1-3H3,(H,18,21)(H,17,19,20). The Bertz CT molecular complexity index is 568. The average molecular weight is 304 g/mol. The minimum Gasteiger partial charge on any atom is -0.444 e. The van der Waals surface area contributed by atoms with E-state index < -0.39 is 11.7 Å². The Morgan fingerprint density at radius 2 is 2.09 bits per heavy atom. The number of fused-ring (bicyclic) bond motifs is 5. The van der Waals surface area contributed by atoms with Crippen LogP contribution in [0.1, 0.15) is 63.1 Å². The Kier molecular flexibility index (Phi) is 3.93. The lowest BCUT2D eigenvalue weighted by Crippen LogP contribution is -2.35. The molecule has 3 rings (SSSR count). The second kappa shape index (κ2) is 5.74. The SMILES string of the molecule is CC(C)(C)OC(=O)NCCNc1ncc2c(n1)C1CCC2C1. The van der Waals surface area contributed by atoms with Crippen molar-refractivity contribution in [2.45, 2.75) is 57.5 Å². The minimum atomic E-state index is -0.472. The predicted molar refractivity (Wildman–Crippen MR) is 84.1 cm³/mol. The lowest BCUT2D eigenvalue weighted by Gasteiger charge is -2.19. The van der Waals surface area contributed by atoms with Gasteiger partial charge in [0, 0.05) is 25.2 Å². The molecule has 1 saturated carbocycles. The van der Waals surface area contributed by atoms with Gasteiger partial charge in [0.2, 0.25) is 5.95 Å². The first kappa shape index (κ1) is 15.1. The molecule has 120 valence electrons. The fourth-order valence-electron chi connectivity index (χ4n) is 3.30. The van der Waals surface area contributed by atoms with E-state index in [-0.39, 0.29) is 0 Å². The summed E-state index contributed by atoms with van der Waals surface area (Å²) in [6.07, 6.45) is 5.35. The van der Waals surface area contributed by atoms with E-state index in [2.05, 4.69) is 20.6 Å². The van der Waals surface area contributed by atoms with Crippen molar-refractivity contribution in [3.63, 3.8) is 0 Å². The Balaban J connectivity index is 1.45. The maximum absolute atomic E-state index is 11.5. The number of rotatable bonds is 4. The van der Waals surface area contributed by atoms with Crippen LogP contribution in [-0.2, 0) is 4.74 Å². The summed E-state index contributed by atoms with van der Waals surface area (Å²) in [6, 6.07) is 0. The molecule has 2 bridgehead atoms. The molecule has 1 aromatic heterocycles. The molecular formula is C16H24N4O2. The molecule has 2 atom stereocenters. The van der Waals surface area contributed by atoms with Gasteiger partial charge in [0.05, 0.1) is 5.69 Å². The van der Waals surface area contributed by atoms with Crippen LogP contribution < -0.4 is 10.6 Å². The average Bonchev–Trinajstić information content (AvgIpc) is 3.03. The molecule has 2 unspecified atom stereocenters. The van der Waals surface area contributed by atoms with Crippen LogP contribution in [0.2, 0.25) is 0 Å². The lowest BCUT2D eigenvalue weighted by molar-refractivity contribution is 0.0530. The molecule has 0 saturated heterocycles. The predicted octanol–water partition coefficient (Wildman–Crippen LogP) is 2.78. The molecular weight excluding hydrogens is 280 g/mol. The Morgan fingerprint density at radius 1 is 1.32 bits per heavy atom. The molecule has 0 aliphatic heterocycles. The molecule has 22 heavy (non-hydrogen) atoms. The number of hydrogen-bond acceptors (Lipinski definition) is 5. The summed E-state index contributed by atoms with van der Waals surface area (Å²) >= 11 is 0. The summed E-state index contributed by atoms with van der Waals surface area (Å²) in [5.74, 6) is 1.96. The second-order valence-electron chi connectivity index (χ2n) is 7.10. The number of carbonyl (C=O) groups excluding carboxylic acids is 1. The number of aromatic nitrogens is 2. The monoisotopic (exact) mass is 304 g/mol. The van der Waals surface area contributed by atoms with E-state index in [0.717, 1.165) is 0 Å². The van der Waals surface area contributed by atoms with E-state index in [1.807, 2.05) is 27.0 Å². The van der Waals surface area contributed by atoms with Crippen LogP contribution in [0.4, 0.5) is 10.7 Å². The van der Waals surface area contributed by atoms with Crippen LogP contribution in [0, 0.1) is 0 Å². The van der Waals surface area contributed by atoms with E-state index in [0.29, 0.717) is 30.9 Å². The van der Waals surface area contributed by atoms with Gasteiger partial charge >= 0.3 is 6.09 Å². The number of nitrogens with zero attached hydrogens (tertiary/aromatic N) is 2. The number of amides is 1. The number of ether oxygens (including phenoxy) is 1. The highest BCUT2D eigenvalue weighted by Crippen LogP contribution is 2.51. The van der Waals surface area contributed by atoms with E-state index in [1.54, 1.807) is 0 Å². The summed E-state index contributed by atoms with van der Waals surface area (Å²) in [4.78, 5) is 20.5. The molecule has 6 nitrogen and oxygen atoms in total. The molecule has 2 N–H and O–H groups in total. The van der Waals surface area contributed by atoms with Crippen molar-refractivity contribution in [3.05, 3.63) is 17.5 Å². The maximum Gasteiger partial charge on any atom is 0.407 e. The van der Waals surface area contributed by atoms with Crippen molar-refractivity contribution in [2.24, 2.45) is 0 Å². The zero-order valence-electron chi connectivity index (χ0n) is 13.5. The van der Waals surface area contributed by atoms with Crippen molar-refractivity contribution >= 4 is 12.0 Å². The number of alkyl carbamates (subject to hydrolysis) is 1. The van der Waals surface area contributed by atoms with Gasteiger partial charge < -0.3 is 15.4 Å². The molecule has 1 heterocycles. The molecule has 2 aliphatic carbocycles. The van der Waals surface area contributed by atoms with Gasteiger partial charge in [-0.25, -0.2) is 14.8 Å². The number of nitrogens with one attached hydrogen (secondary N) is 2. The van der Waals surface area contributed by atoms with Crippen LogP contribution in [0.15, 0.2) is 6.20 Å². The molecule has 2 aliphatic rings. The maximum atomic E-state index is 11.5. The second-order valence-corrected chi connectivity index (χ2v) is 7.10. The Labute approximate surface area is 131 Å². The van der Waals surface area contributed by atoms with Crippen LogP contribution >= 0.6 is 0 Å². The van der Waals surface area contributed by atoms with Crippen LogP contribution in [0.3, 0.4) is 0 Å². The number of anilines is 1. The zero-order valence-corrected chi connectivity index (χ0v) is 13.5. The molecule has 1 fully saturated rings. The molecule has 0 spiro atoms. The third kappa shape index (κ3) is 3.31. The van der Waals surface area contributed by atoms with E-state index in [9.17, 15) is 4.79 Å². The van der Waals surface area contributed by atoms with Gasteiger partial charge in [-0.05, 0) is 51.5 Å². The van der Waals surface area contributed by atoms with Crippen molar-refractivity contribution < 1.29 is 9.53 Å². The van der Waals surface area contributed by atoms with Crippen LogP contribution in [0.5, 0.6) is 0 Å². The molecule has 0 aromatic carbocycles. The van der Waals surface area contributed by atoms with Gasteiger partial charge in [-0.1, -0.05) is 0 Å². The van der Waals surface area contributed by atoms with Crippen molar-refractivity contribution in [3.8, 4) is 0 Å². The third-order valence-electron chi connectivity index (χ3n) is 4.18. The number of carbonyl (C=O) groups is 1. The largest absolute Gasteiger partial charge is 0.444 e. The first-order valence-corrected chi connectivity index (χ1v) is 8.00. The van der Waals surface area contributed by atoms with E-state index >= 15 is 0 Å². The smallest absolute Gasteiger partial charge is 0.407 e. The highest BCUT2D eigenvalue weighted by molar-refractivity contribution is 5.67. The fourth-order valence-corrected chi connectivity index (χ4v) is 3.30. The highest BCUT2D eigenvalue weighted by atomic mass is 16.6. The van der Waals surface area contributed by atoms with Crippen molar-refractivity contribution in [2.75, 3.05) is 18.4 Å². The van der Waals surface area contributed by atoms with Gasteiger partial charge in [-0.15, -0.1) is 0 Å². The molecule has 1 amide bonds.